The minimum absolute atomic E-state index is 0.0201. The number of nitrogens with one attached hydrogen (secondary N) is 3. The van der Waals surface area contributed by atoms with E-state index in [-0.39, 0.29) is 29.7 Å². The number of alkyl halides is 1. The van der Waals surface area contributed by atoms with E-state index < -0.39 is 0 Å². The first-order valence-corrected chi connectivity index (χ1v) is 23.5. The fourth-order valence-electron chi connectivity index (χ4n) is 8.38. The Morgan fingerprint density at radius 1 is 0.623 bits per heavy atom. The lowest BCUT2D eigenvalue weighted by atomic mass is 10.1. The third-order valence-electron chi connectivity index (χ3n) is 11.7. The van der Waals surface area contributed by atoms with E-state index in [4.69, 9.17) is 40.0 Å². The maximum Gasteiger partial charge on any atom is 0.230 e. The van der Waals surface area contributed by atoms with Gasteiger partial charge in [0.05, 0.1) is 48.5 Å². The van der Waals surface area contributed by atoms with Crippen molar-refractivity contribution >= 4 is 66.8 Å². The van der Waals surface area contributed by atoms with Crippen LogP contribution in [0.15, 0.2) is 85.5 Å². The Morgan fingerprint density at radius 2 is 1.09 bits per heavy atom. The Hall–Kier alpha value is -7.01. The molecule has 2 fully saturated rings. The first-order chi connectivity index (χ1) is 33.4. The number of ether oxygens (including phenoxy) is 6. The van der Waals surface area contributed by atoms with Gasteiger partial charge in [0, 0.05) is 58.4 Å². The number of rotatable bonds is 13. The number of likely N-dealkylation sites (tertiary alicyclic amines) is 1. The second-order valence-corrected chi connectivity index (χ2v) is 17.5. The van der Waals surface area contributed by atoms with Crippen LogP contribution in [0.3, 0.4) is 0 Å². The number of hydrogen-bond acceptors (Lipinski definition) is 14. The molecule has 0 spiro atoms. The Bertz CT molecular complexity index is 3070. The van der Waals surface area contributed by atoms with Crippen LogP contribution in [0.25, 0.3) is 43.6 Å². The zero-order valence-electron chi connectivity index (χ0n) is 39.7. The van der Waals surface area contributed by atoms with E-state index in [9.17, 15) is 9.59 Å². The summed E-state index contributed by atoms with van der Waals surface area (Å²) in [6.45, 7) is 11.2. The Morgan fingerprint density at radius 3 is 1.52 bits per heavy atom. The summed E-state index contributed by atoms with van der Waals surface area (Å²) in [5.74, 6) is 5.31. The number of nitrogens with zero attached hydrogens (tertiary/aromatic N) is 5. The van der Waals surface area contributed by atoms with Crippen LogP contribution < -0.4 is 33.7 Å². The molecule has 17 heteroatoms. The minimum atomic E-state index is 0.0201. The SMILES string of the molecule is CC(=O)CCl.COc1cc2c(Oc3ccc4[nH]c(C)cc4c3)ncnc2cc1OC1CCN(CC(C)=O)CC1.COc1cc2c(Oc3ccc4[nH]c(C)cc4c3)ncnc2cc1OC1CCNCC1. The van der Waals surface area contributed by atoms with Gasteiger partial charge in [0.1, 0.15) is 47.9 Å². The number of ketones is 2. The van der Waals surface area contributed by atoms with Crippen molar-refractivity contribution in [2.75, 3.05) is 52.8 Å². The van der Waals surface area contributed by atoms with Gasteiger partial charge in [-0.3, -0.25) is 14.5 Å². The molecule has 4 aromatic heterocycles. The number of carbonyl (C=O) groups is 2. The van der Waals surface area contributed by atoms with Crippen molar-refractivity contribution < 1.29 is 38.0 Å². The molecule has 10 rings (SSSR count). The normalized spacial score (nSPS) is 14.4. The van der Waals surface area contributed by atoms with E-state index in [2.05, 4.69) is 52.3 Å². The van der Waals surface area contributed by atoms with Crippen LogP contribution in [0, 0.1) is 13.8 Å². The molecule has 0 unspecified atom stereocenters. The fourth-order valence-corrected chi connectivity index (χ4v) is 8.38. The highest BCUT2D eigenvalue weighted by atomic mass is 35.5. The quantitative estimate of drug-likeness (QED) is 0.0927. The van der Waals surface area contributed by atoms with E-state index in [1.807, 2.05) is 74.5 Å². The Labute approximate surface area is 405 Å². The molecule has 0 atom stereocenters. The maximum atomic E-state index is 11.4. The van der Waals surface area contributed by atoms with Gasteiger partial charge in [-0.05, 0) is 127 Å². The summed E-state index contributed by atoms with van der Waals surface area (Å²) >= 11 is 4.99. The monoisotopic (exact) mass is 956 g/mol. The average Bonchev–Trinajstić information content (AvgIpc) is 3.92. The summed E-state index contributed by atoms with van der Waals surface area (Å²) in [6, 6.07) is 23.5. The molecule has 0 radical (unpaired) electrons. The lowest BCUT2D eigenvalue weighted by Crippen LogP contribution is -2.40. The summed E-state index contributed by atoms with van der Waals surface area (Å²) in [4.78, 5) is 47.5. The summed E-state index contributed by atoms with van der Waals surface area (Å²) in [7, 11) is 3.26. The molecule has 16 nitrogen and oxygen atoms in total. The van der Waals surface area contributed by atoms with Crippen molar-refractivity contribution in [1.82, 2.24) is 40.1 Å². The molecule has 2 aliphatic heterocycles. The largest absolute Gasteiger partial charge is 0.493 e. The second-order valence-electron chi connectivity index (χ2n) is 17.2. The number of aromatic nitrogens is 6. The van der Waals surface area contributed by atoms with Crippen molar-refractivity contribution in [2.45, 2.75) is 65.6 Å². The molecule has 2 aliphatic rings. The van der Waals surface area contributed by atoms with Gasteiger partial charge in [-0.15, -0.1) is 11.6 Å². The van der Waals surface area contributed by atoms with E-state index in [0.717, 1.165) is 107 Å². The highest BCUT2D eigenvalue weighted by Crippen LogP contribution is 2.39. The molecular formula is C52H57ClN8O8. The maximum absolute atomic E-state index is 11.4. The lowest BCUT2D eigenvalue weighted by molar-refractivity contribution is -0.118. The molecule has 0 aliphatic carbocycles. The van der Waals surface area contributed by atoms with E-state index in [1.54, 1.807) is 21.1 Å². The number of aromatic amines is 2. The van der Waals surface area contributed by atoms with Crippen LogP contribution in [0.5, 0.6) is 46.3 Å². The van der Waals surface area contributed by atoms with Crippen molar-refractivity contribution in [1.29, 1.82) is 0 Å². The third-order valence-corrected chi connectivity index (χ3v) is 12.1. The summed E-state index contributed by atoms with van der Waals surface area (Å²) < 4.78 is 36.1. The molecule has 69 heavy (non-hydrogen) atoms. The van der Waals surface area contributed by atoms with Crippen LogP contribution in [0.1, 0.15) is 50.9 Å². The smallest absolute Gasteiger partial charge is 0.230 e. The molecule has 8 aromatic rings. The van der Waals surface area contributed by atoms with Gasteiger partial charge in [-0.2, -0.15) is 0 Å². The van der Waals surface area contributed by atoms with Gasteiger partial charge in [0.25, 0.3) is 0 Å². The Balaban J connectivity index is 0.000000171. The molecule has 360 valence electrons. The molecule has 6 heterocycles. The number of aryl methyl sites for hydroxylation is 2. The van der Waals surface area contributed by atoms with Crippen LogP contribution in [0.4, 0.5) is 0 Å². The average molecular weight is 958 g/mol. The highest BCUT2D eigenvalue weighted by molar-refractivity contribution is 6.27. The number of H-pyrrole nitrogens is 2. The van der Waals surface area contributed by atoms with E-state index in [0.29, 0.717) is 52.6 Å². The standard InChI is InChI=1S/C26H28N4O4.C23H24N4O3.C3H5ClO/c1-16-10-18-11-20(4-5-22(18)29-16)34-26-21-12-24(32-3)25(13-23(21)27-15-28-26)33-19-6-8-30(9-7-19)14-17(2)31;1-14-9-15-10-17(3-4-19(15)27-14)30-23-18-11-21(28-2)22(12-20(18)25-13-26-23)29-16-5-7-24-8-6-16;1-3(5)2-4/h4-5,10-13,15,19,29H,6-9,14H2,1-3H3;3-4,9-13,16,24,27H,5-8H2,1-2H3;2H2,1H3. The van der Waals surface area contributed by atoms with E-state index >= 15 is 0 Å². The predicted molar refractivity (Wildman–Crippen MR) is 267 cm³/mol. The van der Waals surface area contributed by atoms with Gasteiger partial charge in [-0.25, -0.2) is 19.9 Å². The molecule has 2 saturated heterocycles. The topological polar surface area (TPSA) is 188 Å². The van der Waals surface area contributed by atoms with Gasteiger partial charge < -0.3 is 43.7 Å². The number of Topliss-reactive ketones (excluding diaryl/α,β-unsaturated/α-hetero) is 2. The third kappa shape index (κ3) is 12.4. The number of piperidine rings is 2. The van der Waals surface area contributed by atoms with Crippen LogP contribution in [-0.2, 0) is 9.59 Å². The Kier molecular flexibility index (Phi) is 15.7. The summed E-state index contributed by atoms with van der Waals surface area (Å²) in [5, 5.41) is 7.05. The molecule has 3 N–H and O–H groups in total. The van der Waals surface area contributed by atoms with Gasteiger partial charge in [-0.1, -0.05) is 0 Å². The molecular weight excluding hydrogens is 900 g/mol. The molecule has 0 saturated carbocycles. The number of carbonyl (C=O) groups excluding carboxylic acids is 2. The molecule has 4 aromatic carbocycles. The predicted octanol–water partition coefficient (Wildman–Crippen LogP) is 9.82. The molecule has 0 amide bonds. The zero-order valence-corrected chi connectivity index (χ0v) is 40.4. The lowest BCUT2D eigenvalue weighted by Gasteiger charge is -2.31. The first-order valence-electron chi connectivity index (χ1n) is 23.0. The van der Waals surface area contributed by atoms with Crippen molar-refractivity contribution in [3.8, 4) is 46.3 Å². The number of methoxy groups -OCH3 is 2. The van der Waals surface area contributed by atoms with Crippen molar-refractivity contribution in [3.63, 3.8) is 0 Å². The van der Waals surface area contributed by atoms with Gasteiger partial charge >= 0.3 is 0 Å². The molecule has 0 bridgehead atoms. The van der Waals surface area contributed by atoms with Gasteiger partial charge in [0.2, 0.25) is 11.8 Å². The second kappa shape index (κ2) is 22.4. The zero-order chi connectivity index (χ0) is 48.4. The van der Waals surface area contributed by atoms with Crippen LogP contribution in [-0.4, -0.2) is 111 Å². The number of benzene rings is 4. The van der Waals surface area contributed by atoms with E-state index in [1.165, 1.54) is 19.6 Å². The highest BCUT2D eigenvalue weighted by Gasteiger charge is 2.24. The fraction of sp³-hybridized carbons (Fsp3) is 0.346. The van der Waals surface area contributed by atoms with Crippen LogP contribution >= 0.6 is 11.6 Å². The summed E-state index contributed by atoms with van der Waals surface area (Å²) in [5.41, 5.74) is 5.82. The van der Waals surface area contributed by atoms with Crippen molar-refractivity contribution in [2.24, 2.45) is 0 Å². The summed E-state index contributed by atoms with van der Waals surface area (Å²) in [6.07, 6.45) is 6.89. The number of fused-ring (bicyclic) bond motifs is 4. The van der Waals surface area contributed by atoms with Crippen LogP contribution in [0.2, 0.25) is 0 Å². The number of halogens is 1. The number of hydrogen-bond donors (Lipinski definition) is 3. The first kappa shape index (κ1) is 48.4. The van der Waals surface area contributed by atoms with Gasteiger partial charge in [0.15, 0.2) is 23.0 Å². The van der Waals surface area contributed by atoms with Crippen molar-refractivity contribution in [3.05, 3.63) is 96.8 Å². The minimum Gasteiger partial charge on any atom is -0.493 e.